The monoisotopic (exact) mass is 527 g/mol. The lowest BCUT2D eigenvalue weighted by Crippen LogP contribution is -2.48. The first-order valence-corrected chi connectivity index (χ1v) is 12.7. The number of nitrogens with zero attached hydrogens (tertiary/aromatic N) is 4. The Kier molecular flexibility index (Phi) is 8.18. The highest BCUT2D eigenvalue weighted by Gasteiger charge is 2.34. The molecule has 4 rings (SSSR count). The predicted octanol–water partition coefficient (Wildman–Crippen LogP) is 1.94. The van der Waals surface area contributed by atoms with Gasteiger partial charge in [0, 0.05) is 53.0 Å². The van der Waals surface area contributed by atoms with Crippen molar-refractivity contribution in [3.8, 4) is 5.88 Å². The summed E-state index contributed by atoms with van der Waals surface area (Å²) in [5.41, 5.74) is 0.679. The number of hydrogen-bond donors (Lipinski definition) is 1. The maximum atomic E-state index is 13.3. The van der Waals surface area contributed by atoms with Gasteiger partial charge in [-0.15, -0.1) is 0 Å². The van der Waals surface area contributed by atoms with E-state index in [1.807, 2.05) is 6.92 Å². The highest BCUT2D eigenvalue weighted by Crippen LogP contribution is 2.30. The summed E-state index contributed by atoms with van der Waals surface area (Å²) in [4.78, 5) is 59.4. The molecule has 0 spiro atoms. The quantitative estimate of drug-likeness (QED) is 0.511. The minimum Gasteiger partial charge on any atom is -0.476 e. The third-order valence-corrected chi connectivity index (χ3v) is 6.49. The number of carbonyl (C=O) groups excluding carboxylic acids is 4. The van der Waals surface area contributed by atoms with Crippen molar-refractivity contribution in [1.82, 2.24) is 14.8 Å². The van der Waals surface area contributed by atoms with E-state index >= 15 is 0 Å². The topological polar surface area (TPSA) is 135 Å². The molecular weight excluding hydrogens is 494 g/mol. The van der Waals surface area contributed by atoms with Gasteiger partial charge in [0.05, 0.1) is 24.3 Å². The first kappa shape index (κ1) is 27.0. The van der Waals surface area contributed by atoms with Crippen LogP contribution in [0.1, 0.15) is 54.2 Å². The Morgan fingerprint density at radius 1 is 1.13 bits per heavy atom. The van der Waals surface area contributed by atoms with Crippen LogP contribution in [0.25, 0.3) is 0 Å². The highest BCUT2D eigenvalue weighted by atomic mass is 16.5. The summed E-state index contributed by atoms with van der Waals surface area (Å²) in [6.45, 7) is 9.85. The fourth-order valence-electron chi connectivity index (χ4n) is 4.67. The van der Waals surface area contributed by atoms with Crippen LogP contribution in [0.3, 0.4) is 0 Å². The number of carbonyl (C=O) groups is 4. The molecule has 0 radical (unpaired) electrons. The number of aromatic nitrogens is 1. The number of pyridine rings is 1. The number of amides is 3. The molecule has 0 aliphatic carbocycles. The second-order valence-corrected chi connectivity index (χ2v) is 9.27. The van der Waals surface area contributed by atoms with Crippen LogP contribution >= 0.6 is 0 Å². The van der Waals surface area contributed by atoms with E-state index in [-0.39, 0.29) is 35.4 Å². The van der Waals surface area contributed by atoms with E-state index in [2.05, 4.69) is 15.2 Å². The van der Waals surface area contributed by atoms with Crippen molar-refractivity contribution >= 4 is 35.2 Å². The molecule has 0 bridgehead atoms. The van der Waals surface area contributed by atoms with E-state index in [4.69, 9.17) is 13.9 Å². The highest BCUT2D eigenvalue weighted by molar-refractivity contribution is 6.13. The molecule has 2 aliphatic rings. The number of furan rings is 1. The van der Waals surface area contributed by atoms with Gasteiger partial charge in [-0.2, -0.15) is 4.98 Å². The molecule has 1 N–H and O–H groups in total. The molecular formula is C26H33N5O7. The summed E-state index contributed by atoms with van der Waals surface area (Å²) in [7, 11) is 0. The molecule has 0 aromatic carbocycles. The number of anilines is 2. The van der Waals surface area contributed by atoms with E-state index in [0.717, 1.165) is 0 Å². The Hall–Kier alpha value is -4.09. The van der Waals surface area contributed by atoms with Gasteiger partial charge in [-0.05, 0) is 26.0 Å². The SMILES string of the molecule is CCOc1nc(N2CCN(C(C)=O)CC2)ccc1NC(=O)c1coc2c1C(=O)N(CC(C)OC(C)=O)CC2. The molecule has 2 aliphatic heterocycles. The van der Waals surface area contributed by atoms with Gasteiger partial charge in [0.15, 0.2) is 0 Å². The van der Waals surface area contributed by atoms with Crippen LogP contribution in [0, 0.1) is 0 Å². The van der Waals surface area contributed by atoms with Gasteiger partial charge < -0.3 is 33.9 Å². The van der Waals surface area contributed by atoms with Crippen LogP contribution in [-0.4, -0.2) is 90.5 Å². The second-order valence-electron chi connectivity index (χ2n) is 9.27. The molecule has 12 nitrogen and oxygen atoms in total. The summed E-state index contributed by atoms with van der Waals surface area (Å²) >= 11 is 0. The maximum Gasteiger partial charge on any atom is 0.302 e. The zero-order valence-corrected chi connectivity index (χ0v) is 22.1. The molecule has 204 valence electrons. The first-order chi connectivity index (χ1) is 18.2. The minimum atomic E-state index is -0.524. The average Bonchev–Trinajstić information content (AvgIpc) is 3.32. The molecule has 3 amide bonds. The Bertz CT molecular complexity index is 1220. The van der Waals surface area contributed by atoms with Crippen molar-refractivity contribution in [2.24, 2.45) is 0 Å². The normalized spacial score (nSPS) is 16.1. The van der Waals surface area contributed by atoms with Crippen molar-refractivity contribution in [2.75, 3.05) is 56.1 Å². The number of ether oxygens (including phenoxy) is 2. The minimum absolute atomic E-state index is 0.0487. The predicted molar refractivity (Wildman–Crippen MR) is 137 cm³/mol. The summed E-state index contributed by atoms with van der Waals surface area (Å²) in [6, 6.07) is 3.50. The zero-order valence-electron chi connectivity index (χ0n) is 22.1. The molecule has 4 heterocycles. The zero-order chi connectivity index (χ0) is 27.4. The number of hydrogen-bond acceptors (Lipinski definition) is 9. The largest absolute Gasteiger partial charge is 0.476 e. The van der Waals surface area contributed by atoms with Crippen molar-refractivity contribution in [3.05, 3.63) is 35.3 Å². The van der Waals surface area contributed by atoms with Gasteiger partial charge in [0.2, 0.25) is 11.8 Å². The molecule has 1 saturated heterocycles. The molecule has 38 heavy (non-hydrogen) atoms. The van der Waals surface area contributed by atoms with Crippen LogP contribution in [0.15, 0.2) is 22.8 Å². The smallest absolute Gasteiger partial charge is 0.302 e. The summed E-state index contributed by atoms with van der Waals surface area (Å²) in [5.74, 6) is 0.133. The van der Waals surface area contributed by atoms with E-state index in [9.17, 15) is 19.2 Å². The molecule has 1 fully saturated rings. The van der Waals surface area contributed by atoms with E-state index in [1.54, 1.807) is 35.8 Å². The van der Waals surface area contributed by atoms with Crippen LogP contribution in [0.2, 0.25) is 0 Å². The van der Waals surface area contributed by atoms with Crippen molar-refractivity contribution in [2.45, 2.75) is 40.2 Å². The number of rotatable bonds is 8. The molecule has 2 aromatic heterocycles. The summed E-state index contributed by atoms with van der Waals surface area (Å²) in [5, 5.41) is 2.80. The van der Waals surface area contributed by atoms with Crippen molar-refractivity contribution < 1.29 is 33.1 Å². The third-order valence-electron chi connectivity index (χ3n) is 6.49. The van der Waals surface area contributed by atoms with Gasteiger partial charge in [-0.1, -0.05) is 0 Å². The van der Waals surface area contributed by atoms with Gasteiger partial charge in [-0.3, -0.25) is 19.2 Å². The summed E-state index contributed by atoms with van der Waals surface area (Å²) in [6.07, 6.45) is 1.25. The lowest BCUT2D eigenvalue weighted by molar-refractivity contribution is -0.146. The van der Waals surface area contributed by atoms with Crippen molar-refractivity contribution in [1.29, 1.82) is 0 Å². The molecule has 12 heteroatoms. The Balaban J connectivity index is 1.49. The van der Waals surface area contributed by atoms with E-state index < -0.39 is 18.0 Å². The maximum absolute atomic E-state index is 13.3. The van der Waals surface area contributed by atoms with E-state index in [0.29, 0.717) is 63.0 Å². The van der Waals surface area contributed by atoms with Crippen LogP contribution < -0.4 is 15.0 Å². The standard InChI is InChI=1S/C26H33N5O7/c1-5-36-25-20(6-7-22(28-25)30-12-10-29(11-13-30)17(3)32)27-24(34)19-15-37-21-8-9-31(26(35)23(19)21)14-16(2)38-18(4)33/h6-7,15-16H,5,8-14H2,1-4H3,(H,27,34). The Morgan fingerprint density at radius 3 is 2.53 bits per heavy atom. The Morgan fingerprint density at radius 2 is 1.87 bits per heavy atom. The van der Waals surface area contributed by atoms with Gasteiger partial charge in [0.25, 0.3) is 11.8 Å². The van der Waals surface area contributed by atoms with Crippen LogP contribution in [0.4, 0.5) is 11.5 Å². The molecule has 1 unspecified atom stereocenters. The van der Waals surface area contributed by atoms with Gasteiger partial charge in [0.1, 0.15) is 29.6 Å². The van der Waals surface area contributed by atoms with Gasteiger partial charge >= 0.3 is 5.97 Å². The second kappa shape index (κ2) is 11.5. The third kappa shape index (κ3) is 5.90. The number of nitrogens with one attached hydrogen (secondary N) is 1. The number of fused-ring (bicyclic) bond motifs is 1. The molecule has 1 atom stereocenters. The fourth-order valence-corrected chi connectivity index (χ4v) is 4.67. The number of esters is 1. The van der Waals surface area contributed by atoms with Gasteiger partial charge in [-0.25, -0.2) is 0 Å². The first-order valence-electron chi connectivity index (χ1n) is 12.7. The number of piperazine rings is 1. The van der Waals surface area contributed by atoms with Crippen molar-refractivity contribution in [3.63, 3.8) is 0 Å². The lowest BCUT2D eigenvalue weighted by atomic mass is 10.0. The average molecular weight is 528 g/mol. The van der Waals surface area contributed by atoms with E-state index in [1.165, 1.54) is 13.2 Å². The fraction of sp³-hybridized carbons (Fsp3) is 0.500. The molecule has 0 saturated carbocycles. The summed E-state index contributed by atoms with van der Waals surface area (Å²) < 4.78 is 16.4. The Labute approximate surface area is 220 Å². The van der Waals surface area contributed by atoms with Crippen LogP contribution in [0.5, 0.6) is 5.88 Å². The lowest BCUT2D eigenvalue weighted by Gasteiger charge is -2.35. The van der Waals surface area contributed by atoms with Crippen LogP contribution in [-0.2, 0) is 20.7 Å². The molecule has 2 aromatic rings.